The lowest BCUT2D eigenvalue weighted by atomic mass is 10.1. The summed E-state index contributed by atoms with van der Waals surface area (Å²) in [6.07, 6.45) is 1.72. The maximum absolute atomic E-state index is 12.1. The number of thioether (sulfide) groups is 1. The number of aromatic nitrogens is 1. The van der Waals surface area contributed by atoms with E-state index in [1.54, 1.807) is 18.4 Å². The molecule has 2 aromatic rings. The number of rotatable bonds is 3. The molecule has 1 amide bonds. The van der Waals surface area contributed by atoms with E-state index in [9.17, 15) is 4.79 Å². The minimum Gasteiger partial charge on any atom is -0.497 e. The number of carbonyl (C=O) groups is 1. The lowest BCUT2D eigenvalue weighted by Gasteiger charge is -2.32. The molecule has 5 nitrogen and oxygen atoms in total. The minimum atomic E-state index is -0.440. The fourth-order valence-corrected chi connectivity index (χ4v) is 5.12. The van der Waals surface area contributed by atoms with Crippen LogP contribution in [0.4, 0.5) is 4.79 Å². The molecule has 0 N–H and O–H groups in total. The molecule has 0 unspecified atom stereocenters. The van der Waals surface area contributed by atoms with Gasteiger partial charge in [0.2, 0.25) is 0 Å². The largest absolute Gasteiger partial charge is 0.497 e. The van der Waals surface area contributed by atoms with Crippen molar-refractivity contribution in [2.75, 3.05) is 20.2 Å². The lowest BCUT2D eigenvalue weighted by molar-refractivity contribution is 0.0219. The first-order valence-corrected chi connectivity index (χ1v) is 10.1. The molecule has 1 aliphatic rings. The third kappa shape index (κ3) is 4.79. The third-order valence-corrected chi connectivity index (χ3v) is 6.40. The number of methoxy groups -OCH3 is 1. The van der Waals surface area contributed by atoms with Crippen LogP contribution in [0.2, 0.25) is 0 Å². The number of benzene rings is 1. The van der Waals surface area contributed by atoms with Crippen molar-refractivity contribution in [3.8, 4) is 5.75 Å². The van der Waals surface area contributed by atoms with E-state index in [2.05, 4.69) is 6.07 Å². The highest BCUT2D eigenvalue weighted by Crippen LogP contribution is 2.36. The number of nitrogens with zero attached hydrogens (tertiary/aromatic N) is 2. The zero-order chi connectivity index (χ0) is 18.0. The Bertz CT molecular complexity index is 746. The summed E-state index contributed by atoms with van der Waals surface area (Å²) in [6.45, 7) is 7.18. The van der Waals surface area contributed by atoms with Gasteiger partial charge in [-0.2, -0.15) is 0 Å². The SMILES string of the molecule is COc1ccc2sc(SC3CCN(C(=O)OC(C)(C)C)CC3)nc2c1. The van der Waals surface area contributed by atoms with E-state index in [-0.39, 0.29) is 6.09 Å². The van der Waals surface area contributed by atoms with Crippen molar-refractivity contribution < 1.29 is 14.3 Å². The van der Waals surface area contributed by atoms with Crippen LogP contribution in [0, 0.1) is 0 Å². The first-order valence-electron chi connectivity index (χ1n) is 8.43. The van der Waals surface area contributed by atoms with Crippen molar-refractivity contribution in [2.24, 2.45) is 0 Å². The molecule has 3 rings (SSSR count). The van der Waals surface area contributed by atoms with Crippen molar-refractivity contribution in [1.82, 2.24) is 9.88 Å². The summed E-state index contributed by atoms with van der Waals surface area (Å²) in [5, 5.41) is 0.487. The van der Waals surface area contributed by atoms with Crippen LogP contribution in [0.1, 0.15) is 33.6 Å². The molecule has 0 spiro atoms. The van der Waals surface area contributed by atoms with Crippen LogP contribution in [-0.2, 0) is 4.74 Å². The van der Waals surface area contributed by atoms with Gasteiger partial charge in [-0.25, -0.2) is 9.78 Å². The summed E-state index contributed by atoms with van der Waals surface area (Å²) < 4.78 is 13.0. The Hall–Kier alpha value is -1.47. The van der Waals surface area contributed by atoms with Crippen LogP contribution < -0.4 is 4.74 Å². The smallest absolute Gasteiger partial charge is 0.410 e. The van der Waals surface area contributed by atoms with Gasteiger partial charge in [0.05, 0.1) is 17.3 Å². The van der Waals surface area contributed by atoms with Gasteiger partial charge in [-0.3, -0.25) is 0 Å². The average Bonchev–Trinajstić information content (AvgIpc) is 2.95. The summed E-state index contributed by atoms with van der Waals surface area (Å²) in [5.41, 5.74) is 0.545. The zero-order valence-electron chi connectivity index (χ0n) is 15.1. The van der Waals surface area contributed by atoms with Gasteiger partial charge >= 0.3 is 6.09 Å². The number of hydrogen-bond acceptors (Lipinski definition) is 6. The predicted molar refractivity (Wildman–Crippen MR) is 103 cm³/mol. The molecule has 1 saturated heterocycles. The van der Waals surface area contributed by atoms with Crippen molar-refractivity contribution in [3.05, 3.63) is 18.2 Å². The number of carbonyl (C=O) groups excluding carboxylic acids is 1. The molecule has 0 radical (unpaired) electrons. The molecule has 2 heterocycles. The average molecular weight is 381 g/mol. The molecule has 0 bridgehead atoms. The lowest BCUT2D eigenvalue weighted by Crippen LogP contribution is -2.42. The highest BCUT2D eigenvalue weighted by molar-refractivity contribution is 8.01. The van der Waals surface area contributed by atoms with Crippen LogP contribution in [0.15, 0.2) is 22.5 Å². The van der Waals surface area contributed by atoms with Gasteiger partial charge in [-0.1, -0.05) is 11.8 Å². The van der Waals surface area contributed by atoms with E-state index in [4.69, 9.17) is 14.5 Å². The minimum absolute atomic E-state index is 0.206. The van der Waals surface area contributed by atoms with Gasteiger partial charge in [0.15, 0.2) is 4.34 Å². The summed E-state index contributed by atoms with van der Waals surface area (Å²) in [7, 11) is 1.67. The normalized spacial score (nSPS) is 16.2. The Morgan fingerprint density at radius 1 is 1.32 bits per heavy atom. The monoisotopic (exact) mass is 380 g/mol. The Balaban J connectivity index is 1.56. The number of thiazole rings is 1. The summed E-state index contributed by atoms with van der Waals surface area (Å²) >= 11 is 3.53. The van der Waals surface area contributed by atoms with E-state index in [1.165, 1.54) is 4.70 Å². The molecule has 1 aliphatic heterocycles. The van der Waals surface area contributed by atoms with Crippen LogP contribution in [0.3, 0.4) is 0 Å². The summed E-state index contributed by atoms with van der Waals surface area (Å²) in [5.74, 6) is 0.833. The summed E-state index contributed by atoms with van der Waals surface area (Å²) in [4.78, 5) is 18.7. The van der Waals surface area contributed by atoms with E-state index in [0.717, 1.165) is 41.5 Å². The second-order valence-corrected chi connectivity index (χ2v) is 9.68. The predicted octanol–water partition coefficient (Wildman–Crippen LogP) is 4.80. The van der Waals surface area contributed by atoms with Gasteiger partial charge in [-0.15, -0.1) is 11.3 Å². The molecule has 0 saturated carbocycles. The van der Waals surface area contributed by atoms with Gasteiger partial charge in [0.25, 0.3) is 0 Å². The molecular weight excluding hydrogens is 356 g/mol. The molecule has 1 aromatic heterocycles. The Kier molecular flexibility index (Phi) is 5.43. The standard InChI is InChI=1S/C18H24N2O3S2/c1-18(2,3)23-17(21)20-9-7-13(8-10-20)24-16-19-14-11-12(22-4)5-6-15(14)25-16/h5-6,11,13H,7-10H2,1-4H3. The van der Waals surface area contributed by atoms with Gasteiger partial charge < -0.3 is 14.4 Å². The third-order valence-electron chi connectivity index (χ3n) is 3.94. The summed E-state index contributed by atoms with van der Waals surface area (Å²) in [6, 6.07) is 6.00. The Morgan fingerprint density at radius 3 is 2.68 bits per heavy atom. The van der Waals surface area contributed by atoms with Crippen LogP contribution in [-0.4, -0.2) is 47.0 Å². The topological polar surface area (TPSA) is 51.7 Å². The van der Waals surface area contributed by atoms with Crippen LogP contribution in [0.5, 0.6) is 5.75 Å². The Labute approximate surface area is 156 Å². The molecule has 1 fully saturated rings. The van der Waals surface area contributed by atoms with Crippen LogP contribution >= 0.6 is 23.1 Å². The van der Waals surface area contributed by atoms with Gasteiger partial charge in [0.1, 0.15) is 11.4 Å². The molecule has 25 heavy (non-hydrogen) atoms. The zero-order valence-corrected chi connectivity index (χ0v) is 16.7. The number of fused-ring (bicyclic) bond motifs is 1. The highest BCUT2D eigenvalue weighted by atomic mass is 32.2. The van der Waals surface area contributed by atoms with E-state index >= 15 is 0 Å². The maximum atomic E-state index is 12.1. The number of piperidine rings is 1. The molecule has 0 aliphatic carbocycles. The molecule has 136 valence electrons. The molecule has 0 atom stereocenters. The first kappa shape index (κ1) is 18.3. The number of hydrogen-bond donors (Lipinski definition) is 0. The van der Waals surface area contributed by atoms with E-state index in [0.29, 0.717) is 5.25 Å². The first-order chi connectivity index (χ1) is 11.8. The number of ether oxygens (including phenoxy) is 2. The van der Waals surface area contributed by atoms with E-state index in [1.807, 2.05) is 49.6 Å². The quantitative estimate of drug-likeness (QED) is 0.766. The number of amides is 1. The fraction of sp³-hybridized carbons (Fsp3) is 0.556. The van der Waals surface area contributed by atoms with E-state index < -0.39 is 5.60 Å². The highest BCUT2D eigenvalue weighted by Gasteiger charge is 2.27. The molecular formula is C18H24N2O3S2. The molecule has 7 heteroatoms. The molecule has 1 aromatic carbocycles. The van der Waals surface area contributed by atoms with Crippen molar-refractivity contribution in [1.29, 1.82) is 0 Å². The number of likely N-dealkylation sites (tertiary alicyclic amines) is 1. The Morgan fingerprint density at radius 2 is 2.04 bits per heavy atom. The van der Waals surface area contributed by atoms with Crippen LogP contribution in [0.25, 0.3) is 10.2 Å². The second-order valence-electron chi connectivity index (χ2n) is 7.10. The fourth-order valence-electron chi connectivity index (χ4n) is 2.69. The van der Waals surface area contributed by atoms with Gasteiger partial charge in [-0.05, 0) is 45.7 Å². The second kappa shape index (κ2) is 7.41. The maximum Gasteiger partial charge on any atom is 0.410 e. The van der Waals surface area contributed by atoms with Gasteiger partial charge in [0, 0.05) is 24.4 Å². The van der Waals surface area contributed by atoms with Crippen molar-refractivity contribution >= 4 is 39.4 Å². The van der Waals surface area contributed by atoms with Crippen molar-refractivity contribution in [2.45, 2.75) is 48.8 Å². The van der Waals surface area contributed by atoms with Crippen molar-refractivity contribution in [3.63, 3.8) is 0 Å².